The molecule has 0 aromatic carbocycles. The SMILES string of the molecule is CCCCN(CC)CCC1CCCCN1. The number of hydrogen-bond donors (Lipinski definition) is 1. The molecule has 0 amide bonds. The second-order valence-corrected chi connectivity index (χ2v) is 4.72. The molecule has 0 bridgehead atoms. The summed E-state index contributed by atoms with van der Waals surface area (Å²) in [5.74, 6) is 0. The molecular weight excluding hydrogens is 184 g/mol. The van der Waals surface area contributed by atoms with Gasteiger partial charge >= 0.3 is 0 Å². The third-order valence-corrected chi connectivity index (χ3v) is 3.48. The van der Waals surface area contributed by atoms with E-state index < -0.39 is 0 Å². The molecule has 15 heavy (non-hydrogen) atoms. The highest BCUT2D eigenvalue weighted by atomic mass is 15.1. The molecule has 1 aliphatic heterocycles. The number of unbranched alkanes of at least 4 members (excludes halogenated alkanes) is 1. The maximum absolute atomic E-state index is 3.63. The van der Waals surface area contributed by atoms with Crippen LogP contribution in [0.1, 0.15) is 52.4 Å². The Labute approximate surface area is 95.4 Å². The molecule has 0 aromatic heterocycles. The molecule has 1 N–H and O–H groups in total. The maximum Gasteiger partial charge on any atom is 0.00792 e. The molecule has 1 rings (SSSR count). The second-order valence-electron chi connectivity index (χ2n) is 4.72. The van der Waals surface area contributed by atoms with Gasteiger partial charge in [0.15, 0.2) is 0 Å². The van der Waals surface area contributed by atoms with E-state index in [0.29, 0.717) is 0 Å². The summed E-state index contributed by atoms with van der Waals surface area (Å²) in [5.41, 5.74) is 0. The Kier molecular flexibility index (Phi) is 7.03. The van der Waals surface area contributed by atoms with Gasteiger partial charge in [-0.15, -0.1) is 0 Å². The number of nitrogens with zero attached hydrogens (tertiary/aromatic N) is 1. The molecule has 1 atom stereocenters. The Morgan fingerprint density at radius 2 is 2.07 bits per heavy atom. The molecule has 0 aliphatic carbocycles. The van der Waals surface area contributed by atoms with E-state index in [-0.39, 0.29) is 0 Å². The van der Waals surface area contributed by atoms with Crippen molar-refractivity contribution in [3.8, 4) is 0 Å². The minimum atomic E-state index is 0.800. The topological polar surface area (TPSA) is 15.3 Å². The van der Waals surface area contributed by atoms with E-state index in [9.17, 15) is 0 Å². The number of piperidine rings is 1. The fourth-order valence-corrected chi connectivity index (χ4v) is 2.32. The molecule has 1 heterocycles. The molecule has 0 radical (unpaired) electrons. The fourth-order valence-electron chi connectivity index (χ4n) is 2.32. The highest BCUT2D eigenvalue weighted by Gasteiger charge is 2.13. The van der Waals surface area contributed by atoms with Crippen molar-refractivity contribution >= 4 is 0 Å². The van der Waals surface area contributed by atoms with Gasteiger partial charge in [-0.1, -0.05) is 26.7 Å². The summed E-state index contributed by atoms with van der Waals surface area (Å²) in [6, 6.07) is 0.800. The second kappa shape index (κ2) is 8.12. The van der Waals surface area contributed by atoms with Crippen molar-refractivity contribution in [2.75, 3.05) is 26.2 Å². The monoisotopic (exact) mass is 212 g/mol. The summed E-state index contributed by atoms with van der Waals surface area (Å²) in [6.45, 7) is 9.59. The van der Waals surface area contributed by atoms with Crippen LogP contribution in [0.15, 0.2) is 0 Å². The highest BCUT2D eigenvalue weighted by Crippen LogP contribution is 2.10. The first-order valence-electron chi connectivity index (χ1n) is 6.82. The molecule has 1 unspecified atom stereocenters. The van der Waals surface area contributed by atoms with Gasteiger partial charge in [-0.2, -0.15) is 0 Å². The molecule has 1 saturated heterocycles. The molecule has 1 aliphatic rings. The summed E-state index contributed by atoms with van der Waals surface area (Å²) in [6.07, 6.45) is 8.22. The zero-order valence-electron chi connectivity index (χ0n) is 10.6. The van der Waals surface area contributed by atoms with Crippen molar-refractivity contribution in [2.45, 2.75) is 58.4 Å². The van der Waals surface area contributed by atoms with Gasteiger partial charge in [0.1, 0.15) is 0 Å². The first kappa shape index (κ1) is 13.0. The van der Waals surface area contributed by atoms with Crippen molar-refractivity contribution in [1.29, 1.82) is 0 Å². The van der Waals surface area contributed by atoms with Crippen molar-refractivity contribution in [1.82, 2.24) is 10.2 Å². The molecular formula is C13H28N2. The van der Waals surface area contributed by atoms with E-state index in [0.717, 1.165) is 6.04 Å². The zero-order chi connectivity index (χ0) is 10.9. The van der Waals surface area contributed by atoms with Gasteiger partial charge in [0.05, 0.1) is 0 Å². The van der Waals surface area contributed by atoms with Gasteiger partial charge in [0.25, 0.3) is 0 Å². The molecule has 2 heteroatoms. The third-order valence-electron chi connectivity index (χ3n) is 3.48. The van der Waals surface area contributed by atoms with Gasteiger partial charge in [-0.3, -0.25) is 0 Å². The lowest BCUT2D eigenvalue weighted by Crippen LogP contribution is -2.37. The first-order valence-corrected chi connectivity index (χ1v) is 6.82. The van der Waals surface area contributed by atoms with E-state index in [1.54, 1.807) is 0 Å². The van der Waals surface area contributed by atoms with Crippen molar-refractivity contribution in [3.05, 3.63) is 0 Å². The Morgan fingerprint density at radius 3 is 2.67 bits per heavy atom. The Morgan fingerprint density at radius 1 is 1.20 bits per heavy atom. The van der Waals surface area contributed by atoms with Crippen LogP contribution in [0.2, 0.25) is 0 Å². The van der Waals surface area contributed by atoms with Crippen molar-refractivity contribution in [3.63, 3.8) is 0 Å². The normalized spacial score (nSPS) is 22.2. The van der Waals surface area contributed by atoms with Crippen molar-refractivity contribution < 1.29 is 0 Å². The van der Waals surface area contributed by atoms with Crippen LogP contribution < -0.4 is 5.32 Å². The average molecular weight is 212 g/mol. The van der Waals surface area contributed by atoms with Gasteiger partial charge in [-0.05, 0) is 51.9 Å². The summed E-state index contributed by atoms with van der Waals surface area (Å²) in [7, 11) is 0. The summed E-state index contributed by atoms with van der Waals surface area (Å²) < 4.78 is 0. The van der Waals surface area contributed by atoms with Crippen molar-refractivity contribution in [2.24, 2.45) is 0 Å². The maximum atomic E-state index is 3.63. The van der Waals surface area contributed by atoms with Crippen LogP contribution in [0.5, 0.6) is 0 Å². The van der Waals surface area contributed by atoms with Gasteiger partial charge in [0, 0.05) is 6.04 Å². The molecule has 0 saturated carbocycles. The lowest BCUT2D eigenvalue weighted by Gasteiger charge is -2.27. The number of hydrogen-bond acceptors (Lipinski definition) is 2. The zero-order valence-corrected chi connectivity index (χ0v) is 10.6. The van der Waals surface area contributed by atoms with E-state index >= 15 is 0 Å². The molecule has 90 valence electrons. The first-order chi connectivity index (χ1) is 7.36. The Bertz CT molecular complexity index is 141. The largest absolute Gasteiger partial charge is 0.314 e. The minimum absolute atomic E-state index is 0.800. The molecule has 0 spiro atoms. The predicted molar refractivity (Wildman–Crippen MR) is 67.3 cm³/mol. The van der Waals surface area contributed by atoms with Crippen LogP contribution in [0.3, 0.4) is 0 Å². The lowest BCUT2D eigenvalue weighted by atomic mass is 10.0. The quantitative estimate of drug-likeness (QED) is 0.698. The van der Waals surface area contributed by atoms with Crippen LogP contribution in [0.25, 0.3) is 0 Å². The average Bonchev–Trinajstić information content (AvgIpc) is 2.31. The minimum Gasteiger partial charge on any atom is -0.314 e. The fraction of sp³-hybridized carbons (Fsp3) is 1.00. The Balaban J connectivity index is 2.09. The predicted octanol–water partition coefficient (Wildman–Crippen LogP) is 2.64. The Hall–Kier alpha value is -0.0800. The van der Waals surface area contributed by atoms with Crippen LogP contribution in [-0.4, -0.2) is 37.1 Å². The summed E-state index contributed by atoms with van der Waals surface area (Å²) in [4.78, 5) is 2.60. The summed E-state index contributed by atoms with van der Waals surface area (Å²) >= 11 is 0. The van der Waals surface area contributed by atoms with Crippen LogP contribution in [-0.2, 0) is 0 Å². The third kappa shape index (κ3) is 5.53. The van der Waals surface area contributed by atoms with E-state index in [1.807, 2.05) is 0 Å². The molecule has 2 nitrogen and oxygen atoms in total. The summed E-state index contributed by atoms with van der Waals surface area (Å²) in [5, 5.41) is 3.63. The molecule has 1 fully saturated rings. The highest BCUT2D eigenvalue weighted by molar-refractivity contribution is 4.73. The smallest absolute Gasteiger partial charge is 0.00792 e. The lowest BCUT2D eigenvalue weighted by molar-refractivity contribution is 0.253. The standard InChI is InChI=1S/C13H28N2/c1-3-5-11-15(4-2)12-9-13-8-6-7-10-14-13/h13-14H,3-12H2,1-2H3. The van der Waals surface area contributed by atoms with E-state index in [4.69, 9.17) is 0 Å². The van der Waals surface area contributed by atoms with Crippen LogP contribution >= 0.6 is 0 Å². The number of nitrogens with one attached hydrogen (secondary N) is 1. The van der Waals surface area contributed by atoms with Gasteiger partial charge in [0.2, 0.25) is 0 Å². The number of rotatable bonds is 7. The van der Waals surface area contributed by atoms with Crippen LogP contribution in [0.4, 0.5) is 0 Å². The van der Waals surface area contributed by atoms with Gasteiger partial charge < -0.3 is 10.2 Å². The van der Waals surface area contributed by atoms with E-state index in [2.05, 4.69) is 24.1 Å². The van der Waals surface area contributed by atoms with Crippen LogP contribution in [0, 0.1) is 0 Å². The molecule has 0 aromatic rings. The van der Waals surface area contributed by atoms with Gasteiger partial charge in [-0.25, -0.2) is 0 Å². The van der Waals surface area contributed by atoms with E-state index in [1.165, 1.54) is 64.7 Å².